The first kappa shape index (κ1) is 23.8. The molecule has 0 aromatic heterocycles. The maximum Gasteiger partial charge on any atom is 0.435 e. The molecule has 13 heteroatoms. The molecule has 0 amide bonds. The minimum absolute atomic E-state index is 0.0146. The highest BCUT2D eigenvalue weighted by molar-refractivity contribution is 9.10. The molecule has 1 atom stereocenters. The number of nitrogens with zero attached hydrogens (tertiary/aromatic N) is 1. The second kappa shape index (κ2) is 7.36. The van der Waals surface area contributed by atoms with E-state index in [0.29, 0.717) is 0 Å². The van der Waals surface area contributed by atoms with Crippen LogP contribution in [0.2, 0.25) is 0 Å². The minimum atomic E-state index is -6.56. The van der Waals surface area contributed by atoms with E-state index in [2.05, 4.69) is 15.9 Å². The van der Waals surface area contributed by atoms with Gasteiger partial charge in [-0.05, 0) is 47.1 Å². The monoisotopic (exact) mass is 519 g/mol. The van der Waals surface area contributed by atoms with E-state index < -0.39 is 57.1 Å². The summed E-state index contributed by atoms with van der Waals surface area (Å²) < 4.78 is 132. The molecular formula is C16H9BrClF10N. The SMILES string of the molecule is CC1=CC=CC(Cl)N1c1c(Br)cc(C(F)(C(F)(F)F)C(F)(F)F)cc1C(F)(F)F. The summed E-state index contributed by atoms with van der Waals surface area (Å²) in [4.78, 5) is 0.833. The van der Waals surface area contributed by atoms with E-state index >= 15 is 0 Å². The van der Waals surface area contributed by atoms with Gasteiger partial charge in [-0.2, -0.15) is 39.5 Å². The number of alkyl halides is 11. The Hall–Kier alpha value is -1.43. The summed E-state index contributed by atoms with van der Waals surface area (Å²) in [5.74, 6) is 0. The third kappa shape index (κ3) is 4.10. The van der Waals surface area contributed by atoms with Crippen molar-refractivity contribution in [3.63, 3.8) is 0 Å². The van der Waals surface area contributed by atoms with Gasteiger partial charge < -0.3 is 4.90 Å². The highest BCUT2D eigenvalue weighted by atomic mass is 79.9. The van der Waals surface area contributed by atoms with Gasteiger partial charge in [0.15, 0.2) is 0 Å². The van der Waals surface area contributed by atoms with Gasteiger partial charge in [0.2, 0.25) is 0 Å². The van der Waals surface area contributed by atoms with Crippen molar-refractivity contribution in [1.29, 1.82) is 0 Å². The first-order valence-electron chi connectivity index (χ1n) is 7.45. The molecule has 0 saturated heterocycles. The summed E-state index contributed by atoms with van der Waals surface area (Å²) in [6.45, 7) is 1.32. The molecule has 1 aromatic rings. The lowest BCUT2D eigenvalue weighted by Crippen LogP contribution is -2.50. The molecule has 0 aliphatic carbocycles. The molecule has 0 radical (unpaired) electrons. The molecule has 1 aliphatic rings. The van der Waals surface area contributed by atoms with Crippen molar-refractivity contribution in [1.82, 2.24) is 0 Å². The Bertz CT molecular complexity index is 839. The van der Waals surface area contributed by atoms with Gasteiger partial charge >= 0.3 is 24.2 Å². The summed E-state index contributed by atoms with van der Waals surface area (Å²) in [5.41, 5.74) is -12.2. The van der Waals surface area contributed by atoms with Crippen LogP contribution < -0.4 is 4.90 Å². The average molecular weight is 521 g/mol. The van der Waals surface area contributed by atoms with Gasteiger partial charge in [0, 0.05) is 15.7 Å². The van der Waals surface area contributed by atoms with Crippen LogP contribution in [0.5, 0.6) is 0 Å². The topological polar surface area (TPSA) is 3.24 Å². The van der Waals surface area contributed by atoms with Crippen molar-refractivity contribution in [3.05, 3.63) is 51.7 Å². The molecule has 0 N–H and O–H groups in total. The Balaban J connectivity index is 2.87. The molecular weight excluding hydrogens is 512 g/mol. The fraction of sp³-hybridized carbons (Fsp3) is 0.375. The highest BCUT2D eigenvalue weighted by Crippen LogP contribution is 2.55. The lowest BCUT2D eigenvalue weighted by atomic mass is 9.91. The third-order valence-electron chi connectivity index (χ3n) is 4.02. The van der Waals surface area contributed by atoms with Gasteiger partial charge in [-0.15, -0.1) is 0 Å². The average Bonchev–Trinajstić information content (AvgIpc) is 2.51. The largest absolute Gasteiger partial charge is 0.435 e. The lowest BCUT2D eigenvalue weighted by molar-refractivity contribution is -0.348. The predicted octanol–water partition coefficient (Wildman–Crippen LogP) is 7.60. The number of hydrogen-bond acceptors (Lipinski definition) is 1. The number of halogens is 12. The van der Waals surface area contributed by atoms with Gasteiger partial charge in [0.1, 0.15) is 5.50 Å². The Labute approximate surface area is 170 Å². The van der Waals surface area contributed by atoms with Gasteiger partial charge in [-0.25, -0.2) is 4.39 Å². The summed E-state index contributed by atoms with van der Waals surface area (Å²) >= 11 is 8.51. The second-order valence-corrected chi connectivity index (χ2v) is 7.24. The second-order valence-electron chi connectivity index (χ2n) is 5.94. The number of benzene rings is 1. The van der Waals surface area contributed by atoms with Crippen molar-refractivity contribution < 1.29 is 43.9 Å². The molecule has 1 unspecified atom stereocenters. The van der Waals surface area contributed by atoms with Crippen molar-refractivity contribution in [3.8, 4) is 0 Å². The quantitative estimate of drug-likeness (QED) is 0.221. The fourth-order valence-corrected chi connectivity index (χ4v) is 3.68. The summed E-state index contributed by atoms with van der Waals surface area (Å²) in [5, 5.41) is 0. The van der Waals surface area contributed by atoms with Gasteiger partial charge in [0.25, 0.3) is 0 Å². The number of hydrogen-bond donors (Lipinski definition) is 0. The smallest absolute Gasteiger partial charge is 0.323 e. The van der Waals surface area contributed by atoms with Gasteiger partial charge in [-0.3, -0.25) is 0 Å². The molecule has 1 aliphatic heterocycles. The van der Waals surface area contributed by atoms with E-state index in [-0.39, 0.29) is 11.8 Å². The Kier molecular flexibility index (Phi) is 6.06. The molecule has 0 fully saturated rings. The van der Waals surface area contributed by atoms with Gasteiger partial charge in [-0.1, -0.05) is 17.7 Å². The van der Waals surface area contributed by atoms with Crippen molar-refractivity contribution in [2.24, 2.45) is 0 Å². The Morgan fingerprint density at radius 3 is 1.86 bits per heavy atom. The van der Waals surface area contributed by atoms with Crippen molar-refractivity contribution >= 4 is 33.2 Å². The molecule has 1 aromatic carbocycles. The van der Waals surface area contributed by atoms with Gasteiger partial charge in [0.05, 0.1) is 11.3 Å². The van der Waals surface area contributed by atoms with Crippen LogP contribution in [0.25, 0.3) is 0 Å². The van der Waals surface area contributed by atoms with E-state index in [4.69, 9.17) is 11.6 Å². The molecule has 29 heavy (non-hydrogen) atoms. The Morgan fingerprint density at radius 1 is 0.931 bits per heavy atom. The third-order valence-corrected chi connectivity index (χ3v) is 4.97. The zero-order chi connectivity index (χ0) is 22.6. The van der Waals surface area contributed by atoms with Crippen LogP contribution in [0.1, 0.15) is 18.1 Å². The molecule has 162 valence electrons. The minimum Gasteiger partial charge on any atom is -0.323 e. The van der Waals surface area contributed by atoms with E-state index in [0.717, 1.165) is 4.90 Å². The van der Waals surface area contributed by atoms with Crippen LogP contribution in [0.15, 0.2) is 40.5 Å². The lowest BCUT2D eigenvalue weighted by Gasteiger charge is -2.35. The fourth-order valence-electron chi connectivity index (χ4n) is 2.69. The standard InChI is InChI=1S/C16H9BrClF10N/c1-7-3-2-4-11(18)29(7)12-9(14(20,21)22)5-8(6-10(12)17)13(19,15(23,24)25)16(26,27)28/h2-6,11H,1H3. The Morgan fingerprint density at radius 2 is 1.45 bits per heavy atom. The zero-order valence-electron chi connectivity index (χ0n) is 13.9. The van der Waals surface area contributed by atoms with Crippen molar-refractivity contribution in [2.75, 3.05) is 4.90 Å². The molecule has 0 spiro atoms. The molecule has 2 rings (SSSR count). The van der Waals surface area contributed by atoms with E-state index in [1.807, 2.05) is 0 Å². The van der Waals surface area contributed by atoms with Crippen LogP contribution in [0.4, 0.5) is 49.6 Å². The normalized spacial score (nSPS) is 18.9. The maximum absolute atomic E-state index is 14.3. The molecule has 0 bridgehead atoms. The van der Waals surface area contributed by atoms with E-state index in [1.54, 1.807) is 0 Å². The summed E-state index contributed by atoms with van der Waals surface area (Å²) in [7, 11) is 0. The van der Waals surface area contributed by atoms with Crippen LogP contribution >= 0.6 is 27.5 Å². The molecule has 1 nitrogen and oxygen atoms in total. The number of rotatable bonds is 2. The van der Waals surface area contributed by atoms with E-state index in [1.165, 1.54) is 25.2 Å². The highest BCUT2D eigenvalue weighted by Gasteiger charge is 2.73. The predicted molar refractivity (Wildman–Crippen MR) is 89.1 cm³/mol. The summed E-state index contributed by atoms with van der Waals surface area (Å²) in [6.07, 6.45) is -14.6. The number of anilines is 1. The number of allylic oxidation sites excluding steroid dienone is 3. The van der Waals surface area contributed by atoms with Crippen LogP contribution in [0, 0.1) is 0 Å². The summed E-state index contributed by atoms with van der Waals surface area (Å²) in [6, 6.07) is -0.489. The zero-order valence-corrected chi connectivity index (χ0v) is 16.3. The first-order chi connectivity index (χ1) is 12.9. The molecule has 1 heterocycles. The van der Waals surface area contributed by atoms with E-state index in [9.17, 15) is 43.9 Å². The van der Waals surface area contributed by atoms with Crippen LogP contribution in [-0.2, 0) is 11.8 Å². The van der Waals surface area contributed by atoms with Crippen molar-refractivity contribution in [2.45, 2.75) is 36.6 Å². The molecule has 0 saturated carbocycles. The van der Waals surface area contributed by atoms with Crippen LogP contribution in [-0.4, -0.2) is 17.9 Å². The first-order valence-corrected chi connectivity index (χ1v) is 8.68. The van der Waals surface area contributed by atoms with Crippen LogP contribution in [0.3, 0.4) is 0 Å². The maximum atomic E-state index is 14.3.